The molecule has 464 valence electrons. The molecule has 1 saturated carbocycles. The van der Waals surface area contributed by atoms with E-state index in [-0.39, 0.29) is 35.4 Å². The number of furan rings is 2. The van der Waals surface area contributed by atoms with Crippen molar-refractivity contribution in [1.29, 1.82) is 0 Å². The Bertz CT molecular complexity index is 4740. The molecule has 3 N–H and O–H groups in total. The molecular weight excluding hydrogens is 1180 g/mol. The van der Waals surface area contributed by atoms with E-state index < -0.39 is 12.1 Å². The Kier molecular flexibility index (Phi) is 17.2. The van der Waals surface area contributed by atoms with E-state index in [1.165, 1.54) is 31.0 Å². The molecule has 3 unspecified atom stereocenters. The van der Waals surface area contributed by atoms with Gasteiger partial charge in [-0.05, 0) is 90.6 Å². The number of rotatable bonds is 16. The molecule has 4 aliphatic rings. The van der Waals surface area contributed by atoms with Gasteiger partial charge in [0.1, 0.15) is 87.4 Å². The van der Waals surface area contributed by atoms with Crippen molar-refractivity contribution in [1.82, 2.24) is 15.0 Å². The van der Waals surface area contributed by atoms with Gasteiger partial charge in [0.05, 0.1) is 12.8 Å². The molecule has 16 rings (SSSR count). The molecule has 12 aromatic rings. The third kappa shape index (κ3) is 13.5. The van der Waals surface area contributed by atoms with Gasteiger partial charge in [-0.25, -0.2) is 38.1 Å². The number of anilines is 3. The van der Waals surface area contributed by atoms with Gasteiger partial charge < -0.3 is 8.83 Å². The summed E-state index contributed by atoms with van der Waals surface area (Å²) >= 11 is 0. The Hall–Kier alpha value is -11.4. The first-order chi connectivity index (χ1) is 46.0. The molecule has 0 amide bonds. The average Bonchev–Trinajstić information content (AvgIpc) is 1.61. The molecular formula is C78H66F2N9O5+3. The summed E-state index contributed by atoms with van der Waals surface area (Å²) in [4.78, 5) is 54.5. The summed E-state index contributed by atoms with van der Waals surface area (Å²) in [5, 5.41) is 10.1. The topological polar surface area (TPSA) is 164 Å². The predicted octanol–water partition coefficient (Wildman–Crippen LogP) is 13.6. The maximum Gasteiger partial charge on any atom is 0.359 e. The number of carbonyl (C=O) groups excluding carboxylic acids is 3. The smallest absolute Gasteiger partial charge is 0.359 e. The maximum atomic E-state index is 14.5. The molecule has 1 aliphatic carbocycles. The minimum Gasteiger partial charge on any atom is -0.466 e. The predicted molar refractivity (Wildman–Crippen MR) is 353 cm³/mol. The highest BCUT2D eigenvalue weighted by Gasteiger charge is 2.44. The maximum absolute atomic E-state index is 14.5. The van der Waals surface area contributed by atoms with Gasteiger partial charge >= 0.3 is 35.2 Å². The van der Waals surface area contributed by atoms with Crippen LogP contribution in [0.15, 0.2) is 252 Å². The first-order valence-corrected chi connectivity index (χ1v) is 31.6. The van der Waals surface area contributed by atoms with E-state index in [1.54, 1.807) is 50.4 Å². The van der Waals surface area contributed by atoms with Gasteiger partial charge in [0.2, 0.25) is 12.1 Å². The van der Waals surface area contributed by atoms with Gasteiger partial charge in [0.15, 0.2) is 6.04 Å². The fraction of sp³-hybridized carbons (Fsp3) is 0.167. The van der Waals surface area contributed by atoms with Crippen LogP contribution in [0.5, 0.6) is 0 Å². The lowest BCUT2D eigenvalue weighted by atomic mass is 10.1. The fourth-order valence-electron chi connectivity index (χ4n) is 12.3. The van der Waals surface area contributed by atoms with Gasteiger partial charge in [-0.15, -0.1) is 0 Å². The molecule has 5 aromatic heterocycles. The molecule has 0 saturated heterocycles. The van der Waals surface area contributed by atoms with Crippen LogP contribution in [0.25, 0.3) is 33.8 Å². The molecule has 94 heavy (non-hydrogen) atoms. The van der Waals surface area contributed by atoms with Crippen LogP contribution in [0.2, 0.25) is 0 Å². The molecule has 0 spiro atoms. The molecule has 14 nitrogen and oxygen atoms in total. The van der Waals surface area contributed by atoms with Crippen LogP contribution in [0.1, 0.15) is 95.5 Å². The number of aryl methyl sites for hydroxylation is 1. The summed E-state index contributed by atoms with van der Waals surface area (Å²) in [5.74, 6) is 5.31. The lowest BCUT2D eigenvalue weighted by molar-refractivity contribution is -0.553. The summed E-state index contributed by atoms with van der Waals surface area (Å²) < 4.78 is 44.8. The number of nitrogens with one attached hydrogen (secondary N) is 3. The lowest BCUT2D eigenvalue weighted by Gasteiger charge is -2.07. The summed E-state index contributed by atoms with van der Waals surface area (Å²) in [5.41, 5.74) is 10.8. The van der Waals surface area contributed by atoms with Crippen LogP contribution >= 0.6 is 0 Å². The van der Waals surface area contributed by atoms with Gasteiger partial charge in [0, 0.05) is 48.3 Å². The summed E-state index contributed by atoms with van der Waals surface area (Å²) in [6.07, 6.45) is 10.8. The molecule has 1 fully saturated rings. The van der Waals surface area contributed by atoms with Crippen molar-refractivity contribution in [2.75, 3.05) is 16.0 Å². The molecule has 7 aromatic carbocycles. The van der Waals surface area contributed by atoms with Crippen molar-refractivity contribution in [3.05, 3.63) is 317 Å². The fourth-order valence-corrected chi connectivity index (χ4v) is 12.3. The number of hydrogen-bond donors (Lipinski definition) is 3. The Balaban J connectivity index is 0.000000122. The van der Waals surface area contributed by atoms with Crippen molar-refractivity contribution in [2.24, 2.45) is 0 Å². The number of halogens is 2. The third-order valence-electron chi connectivity index (χ3n) is 17.1. The van der Waals surface area contributed by atoms with Gasteiger partial charge in [0.25, 0.3) is 0 Å². The zero-order valence-corrected chi connectivity index (χ0v) is 51.5. The molecule has 3 atom stereocenters. The van der Waals surface area contributed by atoms with Gasteiger partial charge in [-0.1, -0.05) is 176 Å². The number of aromatic nitrogens is 6. The number of nitrogens with zero attached hydrogens (tertiary/aromatic N) is 6. The molecule has 16 heteroatoms. The van der Waals surface area contributed by atoms with Crippen LogP contribution in [0.4, 0.5) is 26.2 Å². The first kappa shape index (κ1) is 60.2. The van der Waals surface area contributed by atoms with E-state index in [0.717, 1.165) is 85.0 Å². The number of benzene rings is 7. The highest BCUT2D eigenvalue weighted by atomic mass is 19.1. The first-order valence-electron chi connectivity index (χ1n) is 31.6. The Morgan fingerprint density at radius 2 is 0.830 bits per heavy atom. The summed E-state index contributed by atoms with van der Waals surface area (Å²) in [6.45, 7) is 1.87. The van der Waals surface area contributed by atoms with Gasteiger partial charge in [-0.3, -0.25) is 16.0 Å². The van der Waals surface area contributed by atoms with E-state index in [0.29, 0.717) is 73.0 Å². The minimum absolute atomic E-state index is 0.0262. The number of hydrogen-bond acceptors (Lipinski definition) is 11. The zero-order valence-electron chi connectivity index (χ0n) is 51.5. The van der Waals surface area contributed by atoms with E-state index in [2.05, 4.69) is 46.3 Å². The summed E-state index contributed by atoms with van der Waals surface area (Å²) in [7, 11) is 0. The van der Waals surface area contributed by atoms with Crippen LogP contribution in [-0.2, 0) is 38.5 Å². The molecule has 0 radical (unpaired) electrons. The average molecular weight is 1250 g/mol. The second-order valence-corrected chi connectivity index (χ2v) is 24.0. The van der Waals surface area contributed by atoms with Crippen LogP contribution in [-0.4, -0.2) is 50.8 Å². The Labute approximate surface area is 542 Å². The van der Waals surface area contributed by atoms with Crippen LogP contribution in [0, 0.1) is 18.6 Å². The normalized spacial score (nSPS) is 15.7. The van der Waals surface area contributed by atoms with E-state index in [9.17, 15) is 23.2 Å². The monoisotopic (exact) mass is 1250 g/mol. The van der Waals surface area contributed by atoms with Crippen molar-refractivity contribution in [2.45, 2.75) is 82.3 Å². The molecule has 0 bridgehead atoms. The third-order valence-corrected chi connectivity index (χ3v) is 17.1. The van der Waals surface area contributed by atoms with E-state index in [4.69, 9.17) is 23.8 Å². The largest absolute Gasteiger partial charge is 0.466 e. The molecule has 3 aliphatic heterocycles. The number of fused-ring (bicyclic) bond motifs is 3. The Morgan fingerprint density at radius 1 is 0.426 bits per heavy atom. The Morgan fingerprint density at radius 3 is 1.28 bits per heavy atom. The van der Waals surface area contributed by atoms with Crippen LogP contribution in [0.3, 0.4) is 0 Å². The highest BCUT2D eigenvalue weighted by Crippen LogP contribution is 2.41. The quantitative estimate of drug-likeness (QED) is 0.0789. The lowest BCUT2D eigenvalue weighted by Crippen LogP contribution is -2.44. The molecule has 8 heterocycles. The van der Waals surface area contributed by atoms with Gasteiger partial charge in [-0.2, -0.15) is 13.7 Å². The second kappa shape index (κ2) is 26.8. The zero-order chi connectivity index (χ0) is 64.1. The van der Waals surface area contributed by atoms with Crippen molar-refractivity contribution in [3.63, 3.8) is 0 Å². The van der Waals surface area contributed by atoms with Crippen molar-refractivity contribution < 1.29 is 45.7 Å². The van der Waals surface area contributed by atoms with E-state index >= 15 is 0 Å². The van der Waals surface area contributed by atoms with Crippen LogP contribution < -0.4 is 29.7 Å². The summed E-state index contributed by atoms with van der Waals surface area (Å²) in [6, 6.07) is 69.4. The standard InChI is InChI=1S/C27H23N3O2.C26H20FN3O.C25H20FN3O2/c31-27-23(16-21-13-14-25(32-21)20-11-12-20)29-26-22(15-18-7-3-1-4-8-18)28-24(17-30(26)27)19-9-5-2-6-10-19;27-21-13-7-10-19(14-21)16-23-26(31)30-17-24(20-11-5-2-6-12-20)28-22(25(30)29-23)15-18-8-3-1-4-9-18;1-16-11-12-18(31-16)14-22-25(30)29-15-23(19-9-5-6-10-20(19)26)27-21(24(29)28-22)13-17-7-3-2-4-8-17/h1-10,13-14,17,20,23H,11-12,15-16H2;1-14,17,23H,15-16H2;2-12,15,22H,13-14H2,1H3/p+3. The number of carbonyl (C=O) groups is 3. The SMILES string of the molecule is Cc1ccc(CC2Nc3c(Cc4ccccc4)nc(-c4ccccc4F)c[n+]3C2=O)o1.O=C1C(Cc2ccc(C3CC3)o2)Nc2c(Cc3ccccc3)nc(-c3ccccc3)c[n+]21.O=C1C(Cc2cccc(F)c2)Nc2c(Cc3ccccc3)nc(-c3ccccc3)c[n+]21. The second-order valence-electron chi connectivity index (χ2n) is 24.0. The van der Waals surface area contributed by atoms with E-state index in [1.807, 2.05) is 165 Å². The van der Waals surface area contributed by atoms with Crippen molar-refractivity contribution >= 4 is 35.2 Å². The van der Waals surface area contributed by atoms with Crippen molar-refractivity contribution in [3.8, 4) is 33.8 Å². The highest BCUT2D eigenvalue weighted by molar-refractivity contribution is 5.84. The minimum atomic E-state index is -0.474.